The van der Waals surface area contributed by atoms with E-state index >= 15 is 0 Å². The van der Waals surface area contributed by atoms with E-state index in [0.29, 0.717) is 30.8 Å². The van der Waals surface area contributed by atoms with Gasteiger partial charge in [0.2, 0.25) is 15.9 Å². The van der Waals surface area contributed by atoms with Gasteiger partial charge in [-0.25, -0.2) is 8.42 Å². The lowest BCUT2D eigenvalue weighted by Crippen LogP contribution is -2.36. The minimum absolute atomic E-state index is 0.0114. The Morgan fingerprint density at radius 1 is 1.00 bits per heavy atom. The van der Waals surface area contributed by atoms with Gasteiger partial charge < -0.3 is 5.32 Å². The summed E-state index contributed by atoms with van der Waals surface area (Å²) in [4.78, 5) is 12.0. The van der Waals surface area contributed by atoms with Gasteiger partial charge in [0.15, 0.2) is 0 Å². The minimum atomic E-state index is -3.57. The lowest BCUT2D eigenvalue weighted by Gasteiger charge is -2.29. The normalized spacial score (nSPS) is 17.6. The summed E-state index contributed by atoms with van der Waals surface area (Å²) in [6, 6.07) is 9.31. The largest absolute Gasteiger partial charge is 0.326 e. The van der Waals surface area contributed by atoms with Crippen LogP contribution in [0, 0.1) is 13.8 Å². The molecular weight excluding hydrogens is 360 g/mol. The summed E-state index contributed by atoms with van der Waals surface area (Å²) < 4.78 is 28.1. The number of sulfonamides is 1. The van der Waals surface area contributed by atoms with Crippen LogP contribution in [0.5, 0.6) is 0 Å². The molecule has 1 amide bonds. The van der Waals surface area contributed by atoms with Crippen molar-refractivity contribution in [2.24, 2.45) is 0 Å². The first-order valence-electron chi connectivity index (χ1n) is 9.36. The van der Waals surface area contributed by atoms with Crippen LogP contribution in [-0.4, -0.2) is 25.2 Å². The molecule has 0 aliphatic carbocycles. The molecule has 0 saturated carbocycles. The number of carbonyl (C=O) groups excluding carboxylic acids is 1. The van der Waals surface area contributed by atoms with E-state index in [-0.39, 0.29) is 5.91 Å². The Morgan fingerprint density at radius 2 is 1.81 bits per heavy atom. The van der Waals surface area contributed by atoms with Gasteiger partial charge in [0, 0.05) is 25.2 Å². The maximum absolute atomic E-state index is 13.2. The van der Waals surface area contributed by atoms with Crippen LogP contribution in [0.4, 0.5) is 5.69 Å². The lowest BCUT2D eigenvalue weighted by atomic mass is 9.94. The molecule has 27 heavy (non-hydrogen) atoms. The van der Waals surface area contributed by atoms with Crippen molar-refractivity contribution in [2.45, 2.75) is 51.0 Å². The summed E-state index contributed by atoms with van der Waals surface area (Å²) in [6.07, 6.45) is 2.65. The standard InChI is InChI=1S/C21H24N2O3S/c1-14-10-15(2)19-8-9-23(13-17(19)11-14)27(25,26)18-6-7-20-16(12-18)4-3-5-21(24)22-20/h6-7,10-12H,3-5,8-9,13H2,1-2H3,(H,22,24). The number of hydrogen-bond donors (Lipinski definition) is 1. The topological polar surface area (TPSA) is 66.5 Å². The molecule has 1 N–H and O–H groups in total. The second-order valence-corrected chi connectivity index (χ2v) is 9.47. The first-order valence-corrected chi connectivity index (χ1v) is 10.8. The number of fused-ring (bicyclic) bond motifs is 2. The molecule has 0 spiro atoms. The van der Waals surface area contributed by atoms with Crippen molar-refractivity contribution in [3.63, 3.8) is 0 Å². The molecule has 0 saturated heterocycles. The maximum Gasteiger partial charge on any atom is 0.243 e. The van der Waals surface area contributed by atoms with E-state index in [4.69, 9.17) is 0 Å². The van der Waals surface area contributed by atoms with Gasteiger partial charge >= 0.3 is 0 Å². The van der Waals surface area contributed by atoms with E-state index in [1.54, 1.807) is 22.5 Å². The van der Waals surface area contributed by atoms with E-state index in [2.05, 4.69) is 24.4 Å². The quantitative estimate of drug-likeness (QED) is 0.864. The molecule has 0 radical (unpaired) electrons. The third-order valence-corrected chi connectivity index (χ3v) is 7.35. The van der Waals surface area contributed by atoms with E-state index in [1.165, 1.54) is 11.1 Å². The zero-order valence-corrected chi connectivity index (χ0v) is 16.5. The third kappa shape index (κ3) is 3.39. The molecule has 0 fully saturated rings. The van der Waals surface area contributed by atoms with E-state index in [1.807, 2.05) is 6.92 Å². The molecule has 0 unspecified atom stereocenters. The smallest absolute Gasteiger partial charge is 0.243 e. The summed E-state index contributed by atoms with van der Waals surface area (Å²) in [5, 5.41) is 2.86. The fourth-order valence-electron chi connectivity index (χ4n) is 4.16. The Bertz CT molecular complexity index is 1030. The second-order valence-electron chi connectivity index (χ2n) is 7.53. The summed E-state index contributed by atoms with van der Waals surface area (Å²) in [5.74, 6) is -0.0114. The highest BCUT2D eigenvalue weighted by Crippen LogP contribution is 2.30. The molecule has 4 rings (SSSR count). The molecule has 0 aromatic heterocycles. The average Bonchev–Trinajstić information content (AvgIpc) is 2.80. The fraction of sp³-hybridized carbons (Fsp3) is 0.381. The number of aryl methyl sites for hydroxylation is 3. The molecule has 2 heterocycles. The number of rotatable bonds is 2. The number of nitrogens with zero attached hydrogens (tertiary/aromatic N) is 1. The molecule has 142 valence electrons. The highest BCUT2D eigenvalue weighted by molar-refractivity contribution is 7.89. The van der Waals surface area contributed by atoms with Gasteiger partial charge in [-0.15, -0.1) is 0 Å². The summed E-state index contributed by atoms with van der Waals surface area (Å²) in [6.45, 7) is 5.04. The molecule has 2 aromatic rings. The van der Waals surface area contributed by atoms with Crippen molar-refractivity contribution in [1.29, 1.82) is 0 Å². The molecule has 2 aliphatic heterocycles. The van der Waals surface area contributed by atoms with Crippen LogP contribution < -0.4 is 5.32 Å². The summed E-state index contributed by atoms with van der Waals surface area (Å²) in [5.41, 5.74) is 6.40. The van der Waals surface area contributed by atoms with Crippen molar-refractivity contribution in [1.82, 2.24) is 4.31 Å². The van der Waals surface area contributed by atoms with Crippen molar-refractivity contribution in [3.05, 3.63) is 58.1 Å². The minimum Gasteiger partial charge on any atom is -0.326 e. The summed E-state index contributed by atoms with van der Waals surface area (Å²) >= 11 is 0. The molecule has 6 heteroatoms. The second kappa shape index (κ2) is 6.77. The number of amides is 1. The van der Waals surface area contributed by atoms with Gasteiger partial charge in [-0.05, 0) is 73.6 Å². The predicted molar refractivity (Wildman–Crippen MR) is 105 cm³/mol. The molecule has 0 bridgehead atoms. The van der Waals surface area contributed by atoms with Crippen molar-refractivity contribution < 1.29 is 13.2 Å². The van der Waals surface area contributed by atoms with Crippen LogP contribution in [-0.2, 0) is 34.2 Å². The van der Waals surface area contributed by atoms with Crippen molar-refractivity contribution in [2.75, 3.05) is 11.9 Å². The summed E-state index contributed by atoms with van der Waals surface area (Å²) in [7, 11) is -3.57. The Balaban J connectivity index is 1.66. The number of nitrogens with one attached hydrogen (secondary N) is 1. The monoisotopic (exact) mass is 384 g/mol. The van der Waals surface area contributed by atoms with Crippen LogP contribution in [0.2, 0.25) is 0 Å². The number of benzene rings is 2. The van der Waals surface area contributed by atoms with Crippen LogP contribution in [0.25, 0.3) is 0 Å². The van der Waals surface area contributed by atoms with Gasteiger partial charge in [0.1, 0.15) is 0 Å². The van der Waals surface area contributed by atoms with Gasteiger partial charge in [-0.3, -0.25) is 4.79 Å². The zero-order valence-electron chi connectivity index (χ0n) is 15.7. The lowest BCUT2D eigenvalue weighted by molar-refractivity contribution is -0.116. The SMILES string of the molecule is Cc1cc(C)c2c(c1)CN(S(=O)(=O)c1ccc3c(c1)CCCC(=O)N3)CC2. The highest BCUT2D eigenvalue weighted by Gasteiger charge is 2.29. The number of carbonyl (C=O) groups is 1. The van der Waals surface area contributed by atoms with Crippen molar-refractivity contribution in [3.8, 4) is 0 Å². The Labute approximate surface area is 160 Å². The molecule has 0 atom stereocenters. The van der Waals surface area contributed by atoms with Crippen molar-refractivity contribution >= 4 is 21.6 Å². The van der Waals surface area contributed by atoms with Gasteiger partial charge in [0.25, 0.3) is 0 Å². The Morgan fingerprint density at radius 3 is 2.63 bits per heavy atom. The third-order valence-electron chi connectivity index (χ3n) is 5.51. The molecular formula is C21H24N2O3S. The molecule has 5 nitrogen and oxygen atoms in total. The van der Waals surface area contributed by atoms with E-state index in [9.17, 15) is 13.2 Å². The maximum atomic E-state index is 13.2. The highest BCUT2D eigenvalue weighted by atomic mass is 32.2. The molecule has 2 aliphatic rings. The Kier molecular flexibility index (Phi) is 4.56. The first-order chi connectivity index (χ1) is 12.8. The van der Waals surface area contributed by atoms with Crippen LogP contribution in [0.15, 0.2) is 35.2 Å². The van der Waals surface area contributed by atoms with Gasteiger partial charge in [0.05, 0.1) is 4.90 Å². The zero-order chi connectivity index (χ0) is 19.2. The van der Waals surface area contributed by atoms with Crippen LogP contribution in [0.3, 0.4) is 0 Å². The van der Waals surface area contributed by atoms with E-state index in [0.717, 1.165) is 35.2 Å². The predicted octanol–water partition coefficient (Wildman–Crippen LogP) is 3.33. The van der Waals surface area contributed by atoms with Crippen LogP contribution >= 0.6 is 0 Å². The first kappa shape index (κ1) is 18.2. The average molecular weight is 385 g/mol. The fourth-order valence-corrected chi connectivity index (χ4v) is 5.63. The molecule has 2 aromatic carbocycles. The number of anilines is 1. The van der Waals surface area contributed by atoms with E-state index < -0.39 is 10.0 Å². The van der Waals surface area contributed by atoms with Gasteiger partial charge in [-0.2, -0.15) is 4.31 Å². The number of hydrogen-bond acceptors (Lipinski definition) is 3. The van der Waals surface area contributed by atoms with Crippen LogP contribution in [0.1, 0.15) is 40.7 Å². The van der Waals surface area contributed by atoms with Gasteiger partial charge in [-0.1, -0.05) is 17.7 Å². The Hall–Kier alpha value is -2.18.